The van der Waals surface area contributed by atoms with Gasteiger partial charge in [0, 0.05) is 21.7 Å². The van der Waals surface area contributed by atoms with Gasteiger partial charge in [0.2, 0.25) is 11.8 Å². The molecule has 47 heavy (non-hydrogen) atoms. The van der Waals surface area contributed by atoms with Gasteiger partial charge in [-0.3, -0.25) is 24.1 Å². The Morgan fingerprint density at radius 1 is 1.04 bits per heavy atom. The Hall–Kier alpha value is -3.32. The third kappa shape index (κ3) is 5.56. The number of carboxylic acids is 1. The molecular weight excluding hydrogens is 685 g/mol. The van der Waals surface area contributed by atoms with Crippen molar-refractivity contribution in [3.8, 4) is 5.75 Å². The average molecular weight is 717 g/mol. The first-order valence-corrected chi connectivity index (χ1v) is 17.8. The maximum Gasteiger partial charge on any atom is 0.326 e. The summed E-state index contributed by atoms with van der Waals surface area (Å²) in [7, 11) is 0. The molecule has 2 aromatic carbocycles. The Balaban J connectivity index is 1.13. The Kier molecular flexibility index (Phi) is 8.43. The van der Waals surface area contributed by atoms with E-state index < -0.39 is 23.8 Å². The predicted octanol–water partition coefficient (Wildman–Crippen LogP) is 5.73. The second-order valence-corrected chi connectivity index (χ2v) is 16.0. The molecule has 3 amide bonds. The van der Waals surface area contributed by atoms with Crippen molar-refractivity contribution >= 4 is 75.7 Å². The molecule has 3 N–H and O–H groups in total. The van der Waals surface area contributed by atoms with E-state index >= 15 is 0 Å². The molecule has 0 radical (unpaired) electrons. The number of nitrogens with zero attached hydrogens (tertiary/aromatic N) is 1. The standard InChI is InChI=1S/C33H31Cl2N3O7S2/c1-13(2)9-21(32(42)43)38-30(40)25-17-11-18(26(25)31(38)41)27-24(17)23(28-29(46-27)37-33(44)47-28)14-3-6-16(7-4-14)45-12-22(39)36-15-5-8-19(34)20(35)10-15/h3-8,10,13,17-18,21,23-27H,9,11-12H2,1-2H3,(H,36,39)(H,37,44)(H,42,43)/t17?,18?,21?,23-,24?,25?,26?,27?/m1/s1. The first-order valence-electron chi connectivity index (χ1n) is 15.4. The highest BCUT2D eigenvalue weighted by molar-refractivity contribution is 8.00. The number of carbonyl (C=O) groups is 4. The van der Waals surface area contributed by atoms with Crippen molar-refractivity contribution in [3.05, 3.63) is 72.6 Å². The molecule has 246 valence electrons. The van der Waals surface area contributed by atoms with E-state index in [1.54, 1.807) is 42.1 Å². The summed E-state index contributed by atoms with van der Waals surface area (Å²) in [6, 6.07) is 11.0. The number of carbonyl (C=O) groups excluding carboxylic acids is 3. The van der Waals surface area contributed by atoms with Gasteiger partial charge in [-0.1, -0.05) is 60.5 Å². The highest BCUT2D eigenvalue weighted by Crippen LogP contribution is 2.68. The molecule has 14 heteroatoms. The van der Waals surface area contributed by atoms with E-state index in [-0.39, 0.29) is 70.5 Å². The lowest BCUT2D eigenvalue weighted by atomic mass is 9.68. The highest BCUT2D eigenvalue weighted by Gasteiger charge is 2.70. The molecule has 2 aliphatic heterocycles. The van der Waals surface area contributed by atoms with E-state index in [1.807, 2.05) is 26.0 Å². The molecule has 2 bridgehead atoms. The molecule has 8 atom stereocenters. The summed E-state index contributed by atoms with van der Waals surface area (Å²) >= 11 is 14.7. The molecule has 4 aliphatic rings. The van der Waals surface area contributed by atoms with Crippen LogP contribution in [0.2, 0.25) is 10.0 Å². The third-order valence-electron chi connectivity index (χ3n) is 9.86. The van der Waals surface area contributed by atoms with E-state index in [4.69, 9.17) is 27.9 Å². The number of thiazole rings is 1. The lowest BCUT2D eigenvalue weighted by molar-refractivity contribution is -0.156. The fourth-order valence-electron chi connectivity index (χ4n) is 8.17. The number of amides is 3. The number of H-pyrrole nitrogens is 1. The molecule has 7 unspecified atom stereocenters. The average Bonchev–Trinajstić information content (AvgIpc) is 3.76. The molecule has 1 saturated heterocycles. The van der Waals surface area contributed by atoms with Crippen molar-refractivity contribution in [2.45, 2.75) is 48.9 Å². The quantitative estimate of drug-likeness (QED) is 0.238. The lowest BCUT2D eigenvalue weighted by Crippen LogP contribution is -2.47. The summed E-state index contributed by atoms with van der Waals surface area (Å²) in [5, 5.41) is 14.2. The van der Waals surface area contributed by atoms with Crippen LogP contribution in [-0.2, 0) is 19.2 Å². The minimum absolute atomic E-state index is 0.00639. The number of likely N-dealkylation sites (tertiary alicyclic amines) is 1. The molecule has 2 aliphatic carbocycles. The molecule has 2 saturated carbocycles. The molecular formula is C33H31Cl2N3O7S2. The van der Waals surface area contributed by atoms with Crippen LogP contribution in [-0.4, -0.2) is 56.6 Å². The maximum atomic E-state index is 13.9. The second kappa shape index (κ2) is 12.3. The van der Waals surface area contributed by atoms with Gasteiger partial charge in [-0.15, -0.1) is 11.8 Å². The van der Waals surface area contributed by atoms with Gasteiger partial charge in [0.25, 0.3) is 5.91 Å². The molecule has 7 rings (SSSR count). The third-order valence-corrected chi connectivity index (χ3v) is 13.2. The number of hydrogen-bond donors (Lipinski definition) is 3. The van der Waals surface area contributed by atoms with E-state index in [0.29, 0.717) is 27.9 Å². The second-order valence-electron chi connectivity index (χ2n) is 13.0. The Bertz CT molecular complexity index is 1840. The highest BCUT2D eigenvalue weighted by atomic mass is 35.5. The van der Waals surface area contributed by atoms with Crippen LogP contribution in [0.15, 0.2) is 52.3 Å². The summed E-state index contributed by atoms with van der Waals surface area (Å²) < 4.78 is 5.74. The zero-order valence-corrected chi connectivity index (χ0v) is 28.4. The number of anilines is 1. The molecule has 0 spiro atoms. The van der Waals surface area contributed by atoms with Crippen molar-refractivity contribution in [1.82, 2.24) is 9.88 Å². The van der Waals surface area contributed by atoms with E-state index in [0.717, 1.165) is 31.7 Å². The van der Waals surface area contributed by atoms with Gasteiger partial charge in [-0.05, 0) is 72.4 Å². The number of thioether (sulfide) groups is 1. The van der Waals surface area contributed by atoms with E-state index in [9.17, 15) is 29.1 Å². The largest absolute Gasteiger partial charge is 0.484 e. The number of aromatic amines is 1. The topological polar surface area (TPSA) is 146 Å². The van der Waals surface area contributed by atoms with Crippen LogP contribution >= 0.6 is 46.3 Å². The maximum absolute atomic E-state index is 13.9. The van der Waals surface area contributed by atoms with Gasteiger partial charge in [-0.25, -0.2) is 4.79 Å². The molecule has 3 aromatic rings. The van der Waals surface area contributed by atoms with Gasteiger partial charge in [0.15, 0.2) is 6.61 Å². The lowest BCUT2D eigenvalue weighted by Gasteiger charge is -2.43. The number of carboxylic acid groups (broad SMARTS) is 1. The summed E-state index contributed by atoms with van der Waals surface area (Å²) in [4.78, 5) is 69.8. The molecule has 3 fully saturated rings. The number of halogens is 2. The van der Waals surface area contributed by atoms with Crippen molar-refractivity contribution in [2.75, 3.05) is 11.9 Å². The normalized spacial score (nSPS) is 27.9. The number of nitrogens with one attached hydrogen (secondary N) is 2. The van der Waals surface area contributed by atoms with Crippen molar-refractivity contribution < 1.29 is 29.0 Å². The number of aromatic nitrogens is 1. The number of imide groups is 1. The Morgan fingerprint density at radius 2 is 1.74 bits per heavy atom. The van der Waals surface area contributed by atoms with Gasteiger partial charge in [0.1, 0.15) is 11.8 Å². The molecule has 3 heterocycles. The van der Waals surface area contributed by atoms with E-state index in [2.05, 4.69) is 10.3 Å². The first-order chi connectivity index (χ1) is 22.4. The van der Waals surface area contributed by atoms with Crippen LogP contribution in [0.5, 0.6) is 5.75 Å². The summed E-state index contributed by atoms with van der Waals surface area (Å²) in [5.74, 6) is -3.39. The fraction of sp³-hybridized carbons (Fsp3) is 0.424. The van der Waals surface area contributed by atoms with Crippen molar-refractivity contribution in [2.24, 2.45) is 35.5 Å². The van der Waals surface area contributed by atoms with Crippen LogP contribution in [0, 0.1) is 35.5 Å². The SMILES string of the molecule is CC(C)CC(C(=O)O)N1C(=O)C2C3CC(C2C1=O)C1C3Sc2[nH]c(=O)sc2[C@@H]1c1ccc(OCC(=O)Nc2ccc(Cl)c(Cl)c2)cc1. The molecule has 10 nitrogen and oxygen atoms in total. The number of fused-ring (bicyclic) bond motifs is 9. The van der Waals surface area contributed by atoms with Crippen LogP contribution in [0.3, 0.4) is 0 Å². The summed E-state index contributed by atoms with van der Waals surface area (Å²) in [6.45, 7) is 3.52. The van der Waals surface area contributed by atoms with Crippen LogP contribution in [0.25, 0.3) is 0 Å². The minimum atomic E-state index is -1.18. The van der Waals surface area contributed by atoms with Crippen LogP contribution in [0.1, 0.15) is 43.0 Å². The fourth-order valence-corrected chi connectivity index (χ4v) is 11.4. The summed E-state index contributed by atoms with van der Waals surface area (Å²) in [6.07, 6.45) is 0.908. The van der Waals surface area contributed by atoms with Crippen LogP contribution in [0.4, 0.5) is 5.69 Å². The number of benzene rings is 2. The smallest absolute Gasteiger partial charge is 0.326 e. The Labute approximate surface area is 288 Å². The van der Waals surface area contributed by atoms with Crippen molar-refractivity contribution in [1.29, 1.82) is 0 Å². The number of aliphatic carboxylic acids is 1. The van der Waals surface area contributed by atoms with Crippen LogP contribution < -0.4 is 14.9 Å². The predicted molar refractivity (Wildman–Crippen MR) is 178 cm³/mol. The zero-order valence-electron chi connectivity index (χ0n) is 25.3. The molecule has 1 aromatic heterocycles. The number of ether oxygens (including phenoxy) is 1. The van der Waals surface area contributed by atoms with Gasteiger partial charge >= 0.3 is 10.8 Å². The zero-order chi connectivity index (χ0) is 33.3. The van der Waals surface area contributed by atoms with Crippen molar-refractivity contribution in [3.63, 3.8) is 0 Å². The van der Waals surface area contributed by atoms with E-state index in [1.165, 1.54) is 0 Å². The minimum Gasteiger partial charge on any atom is -0.484 e. The van der Waals surface area contributed by atoms with Gasteiger partial charge < -0.3 is 20.1 Å². The first kappa shape index (κ1) is 32.2. The van der Waals surface area contributed by atoms with Gasteiger partial charge in [-0.2, -0.15) is 0 Å². The monoisotopic (exact) mass is 715 g/mol. The van der Waals surface area contributed by atoms with Gasteiger partial charge in [0.05, 0.1) is 26.9 Å². The summed E-state index contributed by atoms with van der Waals surface area (Å²) in [5.41, 5.74) is 1.43. The number of hydrogen-bond acceptors (Lipinski definition) is 8. The number of rotatable bonds is 9. The Morgan fingerprint density at radius 3 is 2.40 bits per heavy atom.